The second-order valence-electron chi connectivity index (χ2n) is 5.57. The van der Waals surface area contributed by atoms with Crippen molar-refractivity contribution < 1.29 is 19.1 Å². The van der Waals surface area contributed by atoms with Crippen molar-refractivity contribution in [3.05, 3.63) is 63.0 Å². The van der Waals surface area contributed by atoms with Crippen molar-refractivity contribution in [1.82, 2.24) is 10.4 Å². The number of amides is 2. The zero-order valence-electron chi connectivity index (χ0n) is 14.9. The van der Waals surface area contributed by atoms with Crippen LogP contribution in [0.25, 0.3) is 6.08 Å². The van der Waals surface area contributed by atoms with Crippen molar-refractivity contribution >= 4 is 62.1 Å². The number of hydrazine groups is 1. The number of thiocarbonyl (C=S) groups is 1. The highest BCUT2D eigenvalue weighted by atomic mass is 79.9. The third-order valence-corrected chi connectivity index (χ3v) is 5.67. The molecule has 1 heterocycles. The first kappa shape index (κ1) is 20.4. The molecule has 0 bridgehead atoms. The van der Waals surface area contributed by atoms with E-state index in [1.165, 1.54) is 7.11 Å². The summed E-state index contributed by atoms with van der Waals surface area (Å²) in [7, 11) is 3.10. The van der Waals surface area contributed by atoms with Crippen molar-refractivity contribution in [1.29, 1.82) is 0 Å². The Kier molecular flexibility index (Phi) is 6.38. The van der Waals surface area contributed by atoms with Gasteiger partial charge in [0.2, 0.25) is 0 Å². The molecular weight excluding hydrogens is 464 g/mol. The Morgan fingerprint density at radius 2 is 1.89 bits per heavy atom. The molecular formula is C19H15BrN2O4S2. The summed E-state index contributed by atoms with van der Waals surface area (Å²) in [5.74, 6) is 0.372. The summed E-state index contributed by atoms with van der Waals surface area (Å²) in [5, 5.41) is 1.08. The van der Waals surface area contributed by atoms with Gasteiger partial charge in [-0.05, 0) is 54.7 Å². The molecule has 144 valence electrons. The van der Waals surface area contributed by atoms with E-state index in [9.17, 15) is 9.59 Å². The minimum atomic E-state index is -0.424. The molecule has 6 nitrogen and oxygen atoms in total. The molecule has 9 heteroatoms. The molecule has 0 radical (unpaired) electrons. The number of thioether (sulfide) groups is 1. The Morgan fingerprint density at radius 3 is 2.54 bits per heavy atom. The fourth-order valence-corrected chi connectivity index (χ4v) is 3.85. The second kappa shape index (κ2) is 8.76. The molecule has 1 saturated heterocycles. The molecule has 0 atom stereocenters. The van der Waals surface area contributed by atoms with Crippen LogP contribution in [0.15, 0.2) is 51.8 Å². The lowest BCUT2D eigenvalue weighted by Crippen LogP contribution is -2.44. The third-order valence-electron chi connectivity index (χ3n) is 3.84. The van der Waals surface area contributed by atoms with E-state index in [0.29, 0.717) is 27.5 Å². The molecule has 1 N–H and O–H groups in total. The lowest BCUT2D eigenvalue weighted by atomic mass is 10.1. The maximum atomic E-state index is 12.7. The van der Waals surface area contributed by atoms with Gasteiger partial charge in [-0.3, -0.25) is 15.0 Å². The highest BCUT2D eigenvalue weighted by Crippen LogP contribution is 2.34. The summed E-state index contributed by atoms with van der Waals surface area (Å²) in [6.07, 6.45) is 1.67. The molecule has 0 saturated carbocycles. The molecule has 3 rings (SSSR count). The summed E-state index contributed by atoms with van der Waals surface area (Å²) in [6.45, 7) is 0. The number of nitrogens with one attached hydrogen (secondary N) is 1. The molecule has 1 aliphatic heterocycles. The third kappa shape index (κ3) is 4.37. The fraction of sp³-hybridized carbons (Fsp3) is 0.105. The summed E-state index contributed by atoms with van der Waals surface area (Å²) >= 11 is 9.68. The van der Waals surface area contributed by atoms with Crippen LogP contribution in [-0.2, 0) is 4.79 Å². The molecule has 0 unspecified atom stereocenters. The van der Waals surface area contributed by atoms with Crippen LogP contribution in [0.3, 0.4) is 0 Å². The number of methoxy groups -OCH3 is 2. The maximum Gasteiger partial charge on any atom is 0.285 e. The van der Waals surface area contributed by atoms with Gasteiger partial charge in [-0.2, -0.15) is 5.01 Å². The Morgan fingerprint density at radius 1 is 1.18 bits per heavy atom. The van der Waals surface area contributed by atoms with Gasteiger partial charge in [0.05, 0.1) is 19.1 Å². The molecule has 0 aliphatic carbocycles. The van der Waals surface area contributed by atoms with Crippen LogP contribution in [0, 0.1) is 0 Å². The molecule has 0 aromatic heterocycles. The predicted octanol–water partition coefficient (Wildman–Crippen LogP) is 4.01. The second-order valence-corrected chi connectivity index (χ2v) is 8.16. The van der Waals surface area contributed by atoms with Gasteiger partial charge in [0.15, 0.2) is 4.32 Å². The first-order chi connectivity index (χ1) is 13.4. The number of hydrogen-bond donors (Lipinski definition) is 1. The van der Waals surface area contributed by atoms with Gasteiger partial charge < -0.3 is 9.47 Å². The van der Waals surface area contributed by atoms with Gasteiger partial charge in [-0.15, -0.1) is 0 Å². The Bertz CT molecular complexity index is 976. The number of halogens is 1. The van der Waals surface area contributed by atoms with E-state index in [-0.39, 0.29) is 4.32 Å². The summed E-state index contributed by atoms with van der Waals surface area (Å²) in [6, 6.07) is 12.1. The minimum absolute atomic E-state index is 0.245. The van der Waals surface area contributed by atoms with Gasteiger partial charge >= 0.3 is 0 Å². The van der Waals surface area contributed by atoms with E-state index in [1.807, 2.05) is 0 Å². The number of hydrogen-bond acceptors (Lipinski definition) is 6. The van der Waals surface area contributed by atoms with Crippen LogP contribution in [0.1, 0.15) is 15.9 Å². The smallest absolute Gasteiger partial charge is 0.285 e. The van der Waals surface area contributed by atoms with Crippen molar-refractivity contribution in [2.24, 2.45) is 0 Å². The van der Waals surface area contributed by atoms with Crippen LogP contribution in [0.5, 0.6) is 11.5 Å². The molecule has 0 spiro atoms. The van der Waals surface area contributed by atoms with E-state index in [2.05, 4.69) is 21.4 Å². The van der Waals surface area contributed by atoms with Crippen molar-refractivity contribution in [2.75, 3.05) is 14.2 Å². The molecule has 28 heavy (non-hydrogen) atoms. The Labute approximate surface area is 180 Å². The van der Waals surface area contributed by atoms with E-state index in [1.54, 1.807) is 55.7 Å². The van der Waals surface area contributed by atoms with Gasteiger partial charge in [0, 0.05) is 21.7 Å². The number of carbonyl (C=O) groups is 2. The number of rotatable bonds is 5. The average Bonchev–Trinajstić information content (AvgIpc) is 2.96. The van der Waals surface area contributed by atoms with Crippen LogP contribution in [0.4, 0.5) is 0 Å². The first-order valence-corrected chi connectivity index (χ1v) is 10.0. The number of nitrogens with zero attached hydrogens (tertiary/aromatic N) is 1. The van der Waals surface area contributed by atoms with Crippen molar-refractivity contribution in [3.63, 3.8) is 0 Å². The normalized spacial score (nSPS) is 15.1. The number of benzene rings is 2. The largest absolute Gasteiger partial charge is 0.497 e. The lowest BCUT2D eigenvalue weighted by Gasteiger charge is -2.15. The molecule has 1 aliphatic rings. The van der Waals surface area contributed by atoms with E-state index >= 15 is 0 Å². The predicted molar refractivity (Wildman–Crippen MR) is 116 cm³/mol. The van der Waals surface area contributed by atoms with Gasteiger partial charge in [-0.25, -0.2) is 0 Å². The van der Waals surface area contributed by atoms with Crippen LogP contribution >= 0.6 is 39.9 Å². The quantitative estimate of drug-likeness (QED) is 0.517. The SMILES string of the molecule is COc1ccc(C=C2SC(=S)N(NC(=O)c3ccc(Br)cc3)C2=O)c(OC)c1. The van der Waals surface area contributed by atoms with Crippen LogP contribution in [-0.4, -0.2) is 35.4 Å². The number of carbonyl (C=O) groups excluding carboxylic acids is 2. The monoisotopic (exact) mass is 478 g/mol. The average molecular weight is 479 g/mol. The number of ether oxygens (including phenoxy) is 2. The Balaban J connectivity index is 1.80. The van der Waals surface area contributed by atoms with E-state index in [4.69, 9.17) is 21.7 Å². The fourth-order valence-electron chi connectivity index (χ4n) is 2.41. The van der Waals surface area contributed by atoms with Crippen molar-refractivity contribution in [3.8, 4) is 11.5 Å². The van der Waals surface area contributed by atoms with Gasteiger partial charge in [-0.1, -0.05) is 27.7 Å². The van der Waals surface area contributed by atoms with Gasteiger partial charge in [0.25, 0.3) is 11.8 Å². The summed E-state index contributed by atoms with van der Waals surface area (Å²) < 4.78 is 11.6. The highest BCUT2D eigenvalue weighted by Gasteiger charge is 2.34. The molecule has 2 aromatic carbocycles. The maximum absolute atomic E-state index is 12.7. The van der Waals surface area contributed by atoms with Crippen molar-refractivity contribution in [2.45, 2.75) is 0 Å². The molecule has 2 aromatic rings. The minimum Gasteiger partial charge on any atom is -0.497 e. The molecule has 2 amide bonds. The zero-order chi connectivity index (χ0) is 20.3. The topological polar surface area (TPSA) is 67.9 Å². The summed E-state index contributed by atoms with van der Waals surface area (Å²) in [5.41, 5.74) is 3.66. The first-order valence-electron chi connectivity index (χ1n) is 7.99. The highest BCUT2D eigenvalue weighted by molar-refractivity contribution is 9.10. The summed E-state index contributed by atoms with van der Waals surface area (Å²) in [4.78, 5) is 25.5. The van der Waals surface area contributed by atoms with E-state index in [0.717, 1.165) is 21.2 Å². The zero-order valence-corrected chi connectivity index (χ0v) is 18.1. The van der Waals surface area contributed by atoms with Crippen LogP contribution in [0.2, 0.25) is 0 Å². The lowest BCUT2D eigenvalue weighted by molar-refractivity contribution is -0.123. The van der Waals surface area contributed by atoms with E-state index < -0.39 is 11.8 Å². The van der Waals surface area contributed by atoms with Gasteiger partial charge in [0.1, 0.15) is 11.5 Å². The van der Waals surface area contributed by atoms with Crippen LogP contribution < -0.4 is 14.9 Å². The molecule has 1 fully saturated rings. The standard InChI is InChI=1S/C19H15BrN2O4S2/c1-25-14-8-5-12(15(10-14)26-2)9-16-18(24)22(19(27)28-16)21-17(23)11-3-6-13(20)7-4-11/h3-10H,1-2H3,(H,21,23). The Hall–Kier alpha value is -2.36.